The molecule has 102 valence electrons. The van der Waals surface area contributed by atoms with E-state index >= 15 is 0 Å². The van der Waals surface area contributed by atoms with Crippen LogP contribution in [0.4, 0.5) is 0 Å². The number of ether oxygens (including phenoxy) is 1. The van der Waals surface area contributed by atoms with Gasteiger partial charge in [0.2, 0.25) is 0 Å². The van der Waals surface area contributed by atoms with E-state index in [0.717, 1.165) is 5.56 Å². The van der Waals surface area contributed by atoms with Gasteiger partial charge in [0, 0.05) is 13.0 Å². The number of hydrogen-bond donors (Lipinski definition) is 2. The third kappa shape index (κ3) is 3.88. The maximum atomic E-state index is 10.8. The van der Waals surface area contributed by atoms with Crippen molar-refractivity contribution in [3.05, 3.63) is 53.6 Å². The molecular weight excluding hydrogens is 256 g/mol. The van der Waals surface area contributed by atoms with Crippen LogP contribution in [-0.4, -0.2) is 16.2 Å². The van der Waals surface area contributed by atoms with Crippen molar-refractivity contribution in [3.8, 4) is 17.2 Å². The fourth-order valence-electron chi connectivity index (χ4n) is 1.72. The lowest BCUT2D eigenvalue weighted by Crippen LogP contribution is -2.00. The molecule has 0 unspecified atom stereocenters. The highest BCUT2D eigenvalue weighted by Crippen LogP contribution is 2.22. The van der Waals surface area contributed by atoms with Crippen molar-refractivity contribution in [2.75, 3.05) is 0 Å². The SMILES string of the molecule is CC(=O)Oc1ccc(/C=C/c2cc(O)cc(O)c2)cc1. The van der Waals surface area contributed by atoms with Gasteiger partial charge in [-0.25, -0.2) is 0 Å². The highest BCUT2D eigenvalue weighted by Gasteiger charge is 1.98. The number of carbonyl (C=O) groups excluding carboxylic acids is 1. The monoisotopic (exact) mass is 270 g/mol. The molecule has 0 atom stereocenters. The van der Waals surface area contributed by atoms with Crippen LogP contribution in [0.3, 0.4) is 0 Å². The molecule has 0 bridgehead atoms. The van der Waals surface area contributed by atoms with Gasteiger partial charge in [-0.15, -0.1) is 0 Å². The Bertz CT molecular complexity index is 622. The summed E-state index contributed by atoms with van der Waals surface area (Å²) in [6.07, 6.45) is 3.59. The number of esters is 1. The molecule has 0 saturated heterocycles. The molecule has 0 aliphatic rings. The first-order valence-electron chi connectivity index (χ1n) is 6.02. The number of carbonyl (C=O) groups is 1. The minimum absolute atomic E-state index is 0.00913. The molecule has 0 fully saturated rings. The van der Waals surface area contributed by atoms with Crippen LogP contribution in [-0.2, 0) is 4.79 Å². The predicted molar refractivity (Wildman–Crippen MR) is 76.5 cm³/mol. The van der Waals surface area contributed by atoms with Crippen LogP contribution in [0.25, 0.3) is 12.2 Å². The van der Waals surface area contributed by atoms with Gasteiger partial charge in [-0.3, -0.25) is 4.79 Å². The van der Waals surface area contributed by atoms with E-state index in [4.69, 9.17) is 4.74 Å². The average Bonchev–Trinajstić information content (AvgIpc) is 2.36. The Morgan fingerprint density at radius 1 is 0.950 bits per heavy atom. The van der Waals surface area contributed by atoms with Crippen molar-refractivity contribution in [2.45, 2.75) is 6.92 Å². The lowest BCUT2D eigenvalue weighted by molar-refractivity contribution is -0.131. The molecule has 20 heavy (non-hydrogen) atoms. The van der Waals surface area contributed by atoms with E-state index in [0.29, 0.717) is 11.3 Å². The van der Waals surface area contributed by atoms with Crippen LogP contribution in [0.1, 0.15) is 18.1 Å². The van der Waals surface area contributed by atoms with E-state index in [1.165, 1.54) is 13.0 Å². The number of benzene rings is 2. The molecule has 2 aromatic rings. The topological polar surface area (TPSA) is 66.8 Å². The molecule has 2 aromatic carbocycles. The highest BCUT2D eigenvalue weighted by molar-refractivity contribution is 5.72. The Labute approximate surface area is 116 Å². The molecule has 4 heteroatoms. The van der Waals surface area contributed by atoms with E-state index in [9.17, 15) is 15.0 Å². The molecule has 2 rings (SSSR count). The van der Waals surface area contributed by atoms with Gasteiger partial charge in [0.25, 0.3) is 0 Å². The normalized spacial score (nSPS) is 10.7. The summed E-state index contributed by atoms with van der Waals surface area (Å²) in [5.41, 5.74) is 1.59. The fourth-order valence-corrected chi connectivity index (χ4v) is 1.72. The third-order valence-corrected chi connectivity index (χ3v) is 2.53. The lowest BCUT2D eigenvalue weighted by atomic mass is 10.1. The first-order chi connectivity index (χ1) is 9.52. The summed E-state index contributed by atoms with van der Waals surface area (Å²) in [6, 6.07) is 11.4. The Hall–Kier alpha value is -2.75. The predicted octanol–water partition coefficient (Wildman–Crippen LogP) is 3.19. The van der Waals surface area contributed by atoms with Gasteiger partial charge in [0.15, 0.2) is 0 Å². The molecule has 0 saturated carbocycles. The summed E-state index contributed by atoms with van der Waals surface area (Å²) >= 11 is 0. The van der Waals surface area contributed by atoms with Gasteiger partial charge in [0.05, 0.1) is 0 Å². The van der Waals surface area contributed by atoms with Gasteiger partial charge >= 0.3 is 5.97 Å². The van der Waals surface area contributed by atoms with E-state index in [2.05, 4.69) is 0 Å². The first-order valence-corrected chi connectivity index (χ1v) is 6.02. The van der Waals surface area contributed by atoms with Crippen LogP contribution in [0.5, 0.6) is 17.2 Å². The quantitative estimate of drug-likeness (QED) is 0.510. The molecule has 0 radical (unpaired) electrons. The summed E-state index contributed by atoms with van der Waals surface area (Å²) in [6.45, 7) is 1.35. The molecule has 0 heterocycles. The Balaban J connectivity index is 2.12. The molecule has 0 aromatic heterocycles. The Kier molecular flexibility index (Phi) is 4.05. The summed E-state index contributed by atoms with van der Waals surface area (Å²) in [5, 5.41) is 18.7. The van der Waals surface area contributed by atoms with Crippen molar-refractivity contribution < 1.29 is 19.7 Å². The van der Waals surface area contributed by atoms with Gasteiger partial charge in [-0.2, -0.15) is 0 Å². The number of rotatable bonds is 3. The molecule has 2 N–H and O–H groups in total. The summed E-state index contributed by atoms with van der Waals surface area (Å²) in [7, 11) is 0. The van der Waals surface area contributed by atoms with Gasteiger partial charge < -0.3 is 14.9 Å². The van der Waals surface area contributed by atoms with Crippen LogP contribution in [0, 0.1) is 0 Å². The zero-order chi connectivity index (χ0) is 14.5. The van der Waals surface area contributed by atoms with E-state index in [1.807, 2.05) is 6.08 Å². The molecule has 0 aliphatic heterocycles. The maximum absolute atomic E-state index is 10.8. The number of aromatic hydroxyl groups is 2. The smallest absolute Gasteiger partial charge is 0.308 e. The second kappa shape index (κ2) is 5.93. The molecular formula is C16H14O4. The van der Waals surface area contributed by atoms with Gasteiger partial charge in [0.1, 0.15) is 17.2 Å². The lowest BCUT2D eigenvalue weighted by Gasteiger charge is -2.01. The standard InChI is InChI=1S/C16H14O4/c1-11(17)20-16-6-4-12(5-7-16)2-3-13-8-14(18)10-15(19)9-13/h2-10,18-19H,1H3/b3-2+. The van der Waals surface area contributed by atoms with Crippen molar-refractivity contribution in [1.82, 2.24) is 0 Å². The second-order valence-corrected chi connectivity index (χ2v) is 4.28. The average molecular weight is 270 g/mol. The number of phenolic OH excluding ortho intramolecular Hbond substituents is 2. The van der Waals surface area contributed by atoms with Crippen LogP contribution in [0.15, 0.2) is 42.5 Å². The van der Waals surface area contributed by atoms with Gasteiger partial charge in [-0.05, 0) is 35.4 Å². The molecule has 0 aliphatic carbocycles. The first kappa shape index (κ1) is 13.7. The van der Waals surface area contributed by atoms with E-state index < -0.39 is 0 Å². The molecule has 4 nitrogen and oxygen atoms in total. The van der Waals surface area contributed by atoms with Crippen molar-refractivity contribution in [2.24, 2.45) is 0 Å². The summed E-state index contributed by atoms with van der Waals surface area (Å²) in [5.74, 6) is 0.151. The summed E-state index contributed by atoms with van der Waals surface area (Å²) in [4.78, 5) is 10.8. The van der Waals surface area contributed by atoms with Crippen LogP contribution < -0.4 is 4.74 Å². The minimum atomic E-state index is -0.358. The van der Waals surface area contributed by atoms with Crippen LogP contribution in [0.2, 0.25) is 0 Å². The zero-order valence-corrected chi connectivity index (χ0v) is 10.9. The van der Waals surface area contributed by atoms with Gasteiger partial charge in [-0.1, -0.05) is 24.3 Å². The van der Waals surface area contributed by atoms with Crippen molar-refractivity contribution in [3.63, 3.8) is 0 Å². The largest absolute Gasteiger partial charge is 0.508 e. The Morgan fingerprint density at radius 3 is 2.05 bits per heavy atom. The van der Waals surface area contributed by atoms with Crippen molar-refractivity contribution >= 4 is 18.1 Å². The number of hydrogen-bond acceptors (Lipinski definition) is 4. The van der Waals surface area contributed by atoms with Crippen LogP contribution >= 0.6 is 0 Å². The molecule has 0 amide bonds. The molecule has 0 spiro atoms. The summed E-state index contributed by atoms with van der Waals surface area (Å²) < 4.78 is 4.93. The van der Waals surface area contributed by atoms with Crippen molar-refractivity contribution in [1.29, 1.82) is 0 Å². The zero-order valence-electron chi connectivity index (χ0n) is 10.9. The maximum Gasteiger partial charge on any atom is 0.308 e. The Morgan fingerprint density at radius 2 is 1.50 bits per heavy atom. The number of phenols is 2. The minimum Gasteiger partial charge on any atom is -0.508 e. The third-order valence-electron chi connectivity index (χ3n) is 2.53. The highest BCUT2D eigenvalue weighted by atomic mass is 16.5. The van der Waals surface area contributed by atoms with E-state index in [-0.39, 0.29) is 17.5 Å². The second-order valence-electron chi connectivity index (χ2n) is 4.28. The fraction of sp³-hybridized carbons (Fsp3) is 0.0625. The van der Waals surface area contributed by atoms with E-state index in [1.54, 1.807) is 42.5 Å².